The first-order valence-electron chi connectivity index (χ1n) is 7.89. The standard InChI is InChI=1S/C17H22N4O4/c1-4-25-15-9-12(5-6-14(15)24-3)10-18-21-17-19-11(2)13(7-8-22)16(23)20-17/h5-6,9-10,22H,4,7-8H2,1-3H3,(H2,19,20,21,23)/b18-10-. The summed E-state index contributed by atoms with van der Waals surface area (Å²) in [7, 11) is 1.58. The van der Waals surface area contributed by atoms with Crippen LogP contribution in [0.15, 0.2) is 28.1 Å². The minimum Gasteiger partial charge on any atom is -0.493 e. The first-order valence-corrected chi connectivity index (χ1v) is 7.89. The van der Waals surface area contributed by atoms with Gasteiger partial charge in [-0.3, -0.25) is 9.78 Å². The molecule has 0 saturated carbocycles. The smallest absolute Gasteiger partial charge is 0.255 e. The number of nitrogens with zero attached hydrogens (tertiary/aromatic N) is 2. The fourth-order valence-electron chi connectivity index (χ4n) is 2.28. The molecule has 8 nitrogen and oxygen atoms in total. The number of aliphatic hydroxyl groups is 1. The van der Waals surface area contributed by atoms with E-state index in [1.807, 2.05) is 13.0 Å². The molecule has 0 radical (unpaired) electrons. The van der Waals surface area contributed by atoms with E-state index < -0.39 is 0 Å². The van der Waals surface area contributed by atoms with Gasteiger partial charge in [0.05, 0.1) is 25.6 Å². The number of rotatable bonds is 8. The van der Waals surface area contributed by atoms with Gasteiger partial charge in [0.1, 0.15) is 0 Å². The van der Waals surface area contributed by atoms with Crippen molar-refractivity contribution in [1.82, 2.24) is 9.97 Å². The first kappa shape index (κ1) is 18.5. The quantitative estimate of drug-likeness (QED) is 0.493. The summed E-state index contributed by atoms with van der Waals surface area (Å²) in [6.45, 7) is 4.04. The van der Waals surface area contributed by atoms with Gasteiger partial charge in [0, 0.05) is 18.6 Å². The summed E-state index contributed by atoms with van der Waals surface area (Å²) >= 11 is 0. The first-order chi connectivity index (χ1) is 12.1. The number of aromatic nitrogens is 2. The lowest BCUT2D eigenvalue weighted by Gasteiger charge is -2.09. The zero-order valence-corrected chi connectivity index (χ0v) is 14.5. The summed E-state index contributed by atoms with van der Waals surface area (Å²) in [5.74, 6) is 1.51. The number of hydrazone groups is 1. The Morgan fingerprint density at radius 3 is 2.84 bits per heavy atom. The van der Waals surface area contributed by atoms with Crippen LogP contribution in [-0.4, -0.2) is 41.6 Å². The van der Waals surface area contributed by atoms with Crippen molar-refractivity contribution in [2.75, 3.05) is 25.7 Å². The second-order valence-corrected chi connectivity index (χ2v) is 5.17. The number of H-pyrrole nitrogens is 1. The number of ether oxygens (including phenoxy) is 2. The number of methoxy groups -OCH3 is 1. The molecule has 2 rings (SSSR count). The van der Waals surface area contributed by atoms with Crippen LogP contribution in [0.3, 0.4) is 0 Å². The van der Waals surface area contributed by atoms with E-state index in [9.17, 15) is 4.79 Å². The van der Waals surface area contributed by atoms with Crippen LogP contribution < -0.4 is 20.5 Å². The molecule has 0 aliphatic heterocycles. The van der Waals surface area contributed by atoms with Crippen LogP contribution >= 0.6 is 0 Å². The molecule has 8 heteroatoms. The van der Waals surface area contributed by atoms with Crippen LogP contribution in [0.2, 0.25) is 0 Å². The molecule has 134 valence electrons. The third-order valence-corrected chi connectivity index (χ3v) is 3.46. The van der Waals surface area contributed by atoms with Gasteiger partial charge in [0.15, 0.2) is 11.5 Å². The van der Waals surface area contributed by atoms with Crippen molar-refractivity contribution in [1.29, 1.82) is 0 Å². The number of hydrogen-bond acceptors (Lipinski definition) is 7. The topological polar surface area (TPSA) is 109 Å². The van der Waals surface area contributed by atoms with Gasteiger partial charge >= 0.3 is 0 Å². The fourth-order valence-corrected chi connectivity index (χ4v) is 2.28. The van der Waals surface area contributed by atoms with Crippen LogP contribution in [0.25, 0.3) is 0 Å². The Hall–Kier alpha value is -2.87. The predicted molar refractivity (Wildman–Crippen MR) is 95.8 cm³/mol. The van der Waals surface area contributed by atoms with Crippen LogP contribution in [-0.2, 0) is 6.42 Å². The van der Waals surface area contributed by atoms with E-state index in [4.69, 9.17) is 14.6 Å². The zero-order valence-electron chi connectivity index (χ0n) is 14.5. The van der Waals surface area contributed by atoms with E-state index >= 15 is 0 Å². The maximum atomic E-state index is 11.9. The number of anilines is 1. The summed E-state index contributed by atoms with van der Waals surface area (Å²) < 4.78 is 10.7. The average molecular weight is 346 g/mol. The summed E-state index contributed by atoms with van der Waals surface area (Å²) in [4.78, 5) is 18.8. The van der Waals surface area contributed by atoms with Crippen molar-refractivity contribution in [2.45, 2.75) is 20.3 Å². The molecule has 0 amide bonds. The highest BCUT2D eigenvalue weighted by Gasteiger charge is 2.07. The van der Waals surface area contributed by atoms with Crippen LogP contribution in [0, 0.1) is 6.92 Å². The van der Waals surface area contributed by atoms with Gasteiger partial charge in [-0.2, -0.15) is 5.10 Å². The number of aromatic amines is 1. The summed E-state index contributed by atoms with van der Waals surface area (Å²) in [6, 6.07) is 5.43. The lowest BCUT2D eigenvalue weighted by atomic mass is 10.2. The summed E-state index contributed by atoms with van der Waals surface area (Å²) in [5, 5.41) is 13.0. The molecule has 1 aromatic carbocycles. The molecule has 1 aromatic heterocycles. The number of aryl methyl sites for hydroxylation is 1. The Kier molecular flexibility index (Phi) is 6.53. The molecule has 0 bridgehead atoms. The van der Waals surface area contributed by atoms with Crippen LogP contribution in [0.4, 0.5) is 5.95 Å². The van der Waals surface area contributed by atoms with Crippen molar-refractivity contribution in [3.8, 4) is 11.5 Å². The highest BCUT2D eigenvalue weighted by atomic mass is 16.5. The maximum absolute atomic E-state index is 11.9. The highest BCUT2D eigenvalue weighted by Crippen LogP contribution is 2.27. The third kappa shape index (κ3) is 4.80. The molecule has 2 aromatic rings. The lowest BCUT2D eigenvalue weighted by molar-refractivity contribution is 0.298. The summed E-state index contributed by atoms with van der Waals surface area (Å²) in [6.07, 6.45) is 1.85. The van der Waals surface area contributed by atoms with Gasteiger partial charge in [-0.15, -0.1) is 0 Å². The molecular formula is C17H22N4O4. The molecule has 3 N–H and O–H groups in total. The van der Waals surface area contributed by atoms with Crippen LogP contribution in [0.1, 0.15) is 23.7 Å². The largest absolute Gasteiger partial charge is 0.493 e. The molecular weight excluding hydrogens is 324 g/mol. The average Bonchev–Trinajstić information content (AvgIpc) is 2.59. The number of aliphatic hydroxyl groups excluding tert-OH is 1. The molecule has 25 heavy (non-hydrogen) atoms. The highest BCUT2D eigenvalue weighted by molar-refractivity contribution is 5.81. The van der Waals surface area contributed by atoms with E-state index in [0.29, 0.717) is 29.4 Å². The van der Waals surface area contributed by atoms with E-state index in [2.05, 4.69) is 20.5 Å². The van der Waals surface area contributed by atoms with Crippen molar-refractivity contribution in [3.05, 3.63) is 45.4 Å². The zero-order chi connectivity index (χ0) is 18.2. The van der Waals surface area contributed by atoms with Crippen LogP contribution in [0.5, 0.6) is 11.5 Å². The number of nitrogens with one attached hydrogen (secondary N) is 2. The summed E-state index contributed by atoms with van der Waals surface area (Å²) in [5.41, 5.74) is 4.22. The second-order valence-electron chi connectivity index (χ2n) is 5.17. The van der Waals surface area contributed by atoms with Gasteiger partial charge < -0.3 is 14.6 Å². The molecule has 0 spiro atoms. The Morgan fingerprint density at radius 2 is 2.20 bits per heavy atom. The number of hydrogen-bond donors (Lipinski definition) is 3. The van der Waals surface area contributed by atoms with Gasteiger partial charge in [0.25, 0.3) is 5.56 Å². The lowest BCUT2D eigenvalue weighted by Crippen LogP contribution is -2.19. The molecule has 0 saturated heterocycles. The Labute approximate surface area is 145 Å². The van der Waals surface area contributed by atoms with Gasteiger partial charge in [-0.1, -0.05) is 0 Å². The predicted octanol–water partition coefficient (Wildman–Crippen LogP) is 1.47. The maximum Gasteiger partial charge on any atom is 0.255 e. The van der Waals surface area contributed by atoms with Gasteiger partial charge in [-0.05, 0) is 37.6 Å². The SMILES string of the molecule is CCOc1cc(/C=N\Nc2nc(C)c(CCO)c(=O)[nH]2)ccc1OC. The monoisotopic (exact) mass is 346 g/mol. The van der Waals surface area contributed by atoms with E-state index in [1.165, 1.54) is 0 Å². The van der Waals surface area contributed by atoms with Crippen molar-refractivity contribution < 1.29 is 14.6 Å². The molecule has 0 aliphatic rings. The Morgan fingerprint density at radius 1 is 1.40 bits per heavy atom. The van der Waals surface area contributed by atoms with Crippen molar-refractivity contribution in [2.24, 2.45) is 5.10 Å². The fraction of sp³-hybridized carbons (Fsp3) is 0.353. The molecule has 0 aliphatic carbocycles. The molecule has 0 unspecified atom stereocenters. The second kappa shape index (κ2) is 8.84. The number of benzene rings is 1. The Bertz CT molecular complexity index is 802. The minimum atomic E-state index is -0.290. The minimum absolute atomic E-state index is 0.101. The molecule has 1 heterocycles. The van der Waals surface area contributed by atoms with E-state index in [-0.39, 0.29) is 24.5 Å². The van der Waals surface area contributed by atoms with E-state index in [1.54, 1.807) is 32.4 Å². The normalized spacial score (nSPS) is 10.9. The van der Waals surface area contributed by atoms with Crippen molar-refractivity contribution >= 4 is 12.2 Å². The van der Waals surface area contributed by atoms with Gasteiger partial charge in [-0.25, -0.2) is 10.4 Å². The van der Waals surface area contributed by atoms with E-state index in [0.717, 1.165) is 5.56 Å². The molecule has 0 atom stereocenters. The third-order valence-electron chi connectivity index (χ3n) is 3.46. The van der Waals surface area contributed by atoms with Gasteiger partial charge in [0.2, 0.25) is 5.95 Å². The molecule has 0 fully saturated rings. The Balaban J connectivity index is 2.13. The van der Waals surface area contributed by atoms with Crippen molar-refractivity contribution in [3.63, 3.8) is 0 Å².